The molecule has 1 N–H and O–H groups in total. The molecular formula is C21H22N4O3. The predicted octanol–water partition coefficient (Wildman–Crippen LogP) is 2.51. The van der Waals surface area contributed by atoms with Crippen molar-refractivity contribution >= 4 is 28.1 Å². The Kier molecular flexibility index (Phi) is 5.08. The van der Waals surface area contributed by atoms with Gasteiger partial charge in [0.25, 0.3) is 11.5 Å². The van der Waals surface area contributed by atoms with Crippen LogP contribution in [0.4, 0.5) is 11.4 Å². The molecule has 144 valence electrons. The first-order valence-corrected chi connectivity index (χ1v) is 9.42. The van der Waals surface area contributed by atoms with Gasteiger partial charge in [-0.3, -0.25) is 9.59 Å². The molecule has 1 fully saturated rings. The topological polar surface area (TPSA) is 76.5 Å². The summed E-state index contributed by atoms with van der Waals surface area (Å²) in [6.45, 7) is 5.10. The number of rotatable bonds is 4. The van der Waals surface area contributed by atoms with E-state index in [4.69, 9.17) is 4.74 Å². The van der Waals surface area contributed by atoms with Crippen LogP contribution in [-0.2, 0) is 11.3 Å². The fourth-order valence-corrected chi connectivity index (χ4v) is 3.46. The molecule has 0 unspecified atom stereocenters. The first-order chi connectivity index (χ1) is 13.7. The Morgan fingerprint density at radius 1 is 1.07 bits per heavy atom. The average Bonchev–Trinajstić information content (AvgIpc) is 2.75. The van der Waals surface area contributed by atoms with Crippen molar-refractivity contribution < 1.29 is 9.53 Å². The van der Waals surface area contributed by atoms with Crippen molar-refractivity contribution in [1.29, 1.82) is 0 Å². The van der Waals surface area contributed by atoms with Gasteiger partial charge in [0, 0.05) is 25.0 Å². The lowest BCUT2D eigenvalue weighted by Gasteiger charge is -2.30. The largest absolute Gasteiger partial charge is 0.378 e. The molecular weight excluding hydrogens is 356 g/mol. The van der Waals surface area contributed by atoms with Crippen molar-refractivity contribution in [2.75, 3.05) is 36.5 Å². The Balaban J connectivity index is 1.72. The number of nitrogens with zero attached hydrogens (tertiary/aromatic N) is 3. The number of ether oxygens (including phenoxy) is 1. The molecule has 1 aliphatic heterocycles. The minimum absolute atomic E-state index is 0.191. The number of hydrogen-bond donors (Lipinski definition) is 1. The van der Waals surface area contributed by atoms with Crippen LogP contribution in [0.3, 0.4) is 0 Å². The highest BCUT2D eigenvalue weighted by Gasteiger charge is 2.19. The Hall–Kier alpha value is -3.19. The van der Waals surface area contributed by atoms with Crippen LogP contribution in [0.25, 0.3) is 10.8 Å². The number of benzene rings is 2. The Bertz CT molecular complexity index is 1070. The number of carbonyl (C=O) groups is 1. The molecule has 4 rings (SSSR count). The number of para-hydroxylation sites is 2. The highest BCUT2D eigenvalue weighted by Crippen LogP contribution is 2.27. The van der Waals surface area contributed by atoms with Crippen molar-refractivity contribution in [3.05, 3.63) is 64.6 Å². The number of morpholine rings is 1. The van der Waals surface area contributed by atoms with Gasteiger partial charge in [-0.15, -0.1) is 0 Å². The number of aryl methyl sites for hydroxylation is 1. The molecule has 0 aliphatic carbocycles. The Labute approximate surface area is 162 Å². The van der Waals surface area contributed by atoms with Gasteiger partial charge in [0.15, 0.2) is 5.69 Å². The zero-order valence-corrected chi connectivity index (χ0v) is 15.7. The van der Waals surface area contributed by atoms with E-state index in [2.05, 4.69) is 15.3 Å². The highest BCUT2D eigenvalue weighted by atomic mass is 16.5. The monoisotopic (exact) mass is 378 g/mol. The average molecular weight is 378 g/mol. The smallest absolute Gasteiger partial charge is 0.276 e. The third-order valence-electron chi connectivity index (χ3n) is 4.89. The van der Waals surface area contributed by atoms with Gasteiger partial charge < -0.3 is 15.0 Å². The van der Waals surface area contributed by atoms with Gasteiger partial charge in [0.05, 0.1) is 30.0 Å². The molecule has 1 aromatic heterocycles. The van der Waals surface area contributed by atoms with E-state index in [9.17, 15) is 9.59 Å². The van der Waals surface area contributed by atoms with Crippen LogP contribution in [0.15, 0.2) is 53.3 Å². The number of nitrogens with one attached hydrogen (secondary N) is 1. The molecule has 1 aliphatic rings. The van der Waals surface area contributed by atoms with Gasteiger partial charge in [0.2, 0.25) is 0 Å². The van der Waals surface area contributed by atoms with E-state index in [0.717, 1.165) is 24.5 Å². The first kappa shape index (κ1) is 18.2. The molecule has 3 aromatic rings. The highest BCUT2D eigenvalue weighted by molar-refractivity contribution is 6.12. The lowest BCUT2D eigenvalue weighted by molar-refractivity contribution is 0.102. The van der Waals surface area contributed by atoms with E-state index in [1.807, 2.05) is 31.2 Å². The van der Waals surface area contributed by atoms with E-state index in [1.54, 1.807) is 24.3 Å². The summed E-state index contributed by atoms with van der Waals surface area (Å²) < 4.78 is 6.75. The number of amides is 1. The molecule has 1 saturated heterocycles. The van der Waals surface area contributed by atoms with Gasteiger partial charge in [-0.1, -0.05) is 30.3 Å². The second-order valence-electron chi connectivity index (χ2n) is 6.59. The van der Waals surface area contributed by atoms with Crippen LogP contribution < -0.4 is 15.8 Å². The third kappa shape index (κ3) is 3.36. The minimum atomic E-state index is -0.334. The molecule has 2 heterocycles. The van der Waals surface area contributed by atoms with E-state index in [-0.39, 0.29) is 17.2 Å². The summed E-state index contributed by atoms with van der Waals surface area (Å²) >= 11 is 0. The van der Waals surface area contributed by atoms with Crippen molar-refractivity contribution in [3.63, 3.8) is 0 Å². The van der Waals surface area contributed by atoms with Crippen molar-refractivity contribution in [2.24, 2.45) is 0 Å². The maximum absolute atomic E-state index is 13.1. The maximum Gasteiger partial charge on any atom is 0.276 e. The summed E-state index contributed by atoms with van der Waals surface area (Å²) in [5.41, 5.74) is 1.72. The van der Waals surface area contributed by atoms with E-state index in [0.29, 0.717) is 30.5 Å². The Morgan fingerprint density at radius 2 is 1.75 bits per heavy atom. The van der Waals surface area contributed by atoms with E-state index >= 15 is 0 Å². The fraction of sp³-hybridized carbons (Fsp3) is 0.286. The number of anilines is 2. The molecule has 2 aromatic carbocycles. The van der Waals surface area contributed by atoms with Gasteiger partial charge in [-0.05, 0) is 25.1 Å². The molecule has 1 amide bonds. The summed E-state index contributed by atoms with van der Waals surface area (Å²) in [6.07, 6.45) is 0. The fourth-order valence-electron chi connectivity index (χ4n) is 3.46. The van der Waals surface area contributed by atoms with Crippen LogP contribution in [0.2, 0.25) is 0 Å². The van der Waals surface area contributed by atoms with Crippen LogP contribution >= 0.6 is 0 Å². The summed E-state index contributed by atoms with van der Waals surface area (Å²) in [5.74, 6) is -0.334. The summed E-state index contributed by atoms with van der Waals surface area (Å²) in [4.78, 5) is 27.8. The Morgan fingerprint density at radius 3 is 2.50 bits per heavy atom. The number of carbonyl (C=O) groups excluding carboxylic acids is 1. The zero-order valence-electron chi connectivity index (χ0n) is 15.7. The first-order valence-electron chi connectivity index (χ1n) is 9.42. The third-order valence-corrected chi connectivity index (χ3v) is 4.89. The second-order valence-corrected chi connectivity index (χ2v) is 6.59. The van der Waals surface area contributed by atoms with Crippen molar-refractivity contribution in [1.82, 2.24) is 9.78 Å². The summed E-state index contributed by atoms with van der Waals surface area (Å²) in [5, 5.41) is 8.35. The van der Waals surface area contributed by atoms with Gasteiger partial charge >= 0.3 is 0 Å². The van der Waals surface area contributed by atoms with Crippen molar-refractivity contribution in [2.45, 2.75) is 13.5 Å². The molecule has 7 nitrogen and oxygen atoms in total. The zero-order chi connectivity index (χ0) is 19.5. The van der Waals surface area contributed by atoms with Crippen LogP contribution in [0, 0.1) is 0 Å². The van der Waals surface area contributed by atoms with Crippen LogP contribution in [0.5, 0.6) is 0 Å². The van der Waals surface area contributed by atoms with Gasteiger partial charge in [-0.2, -0.15) is 5.10 Å². The predicted molar refractivity (Wildman–Crippen MR) is 109 cm³/mol. The summed E-state index contributed by atoms with van der Waals surface area (Å²) in [7, 11) is 0. The van der Waals surface area contributed by atoms with Gasteiger partial charge in [0.1, 0.15) is 0 Å². The lowest BCUT2D eigenvalue weighted by Crippen LogP contribution is -2.36. The maximum atomic E-state index is 13.1. The van der Waals surface area contributed by atoms with E-state index < -0.39 is 0 Å². The molecule has 28 heavy (non-hydrogen) atoms. The molecule has 0 radical (unpaired) electrons. The minimum Gasteiger partial charge on any atom is -0.378 e. The summed E-state index contributed by atoms with van der Waals surface area (Å²) in [6, 6.07) is 14.8. The number of aromatic nitrogens is 2. The second kappa shape index (κ2) is 7.82. The number of hydrogen-bond acceptors (Lipinski definition) is 5. The quantitative estimate of drug-likeness (QED) is 0.755. The van der Waals surface area contributed by atoms with Crippen LogP contribution in [-0.4, -0.2) is 42.0 Å². The molecule has 7 heteroatoms. The van der Waals surface area contributed by atoms with Gasteiger partial charge in [-0.25, -0.2) is 4.68 Å². The van der Waals surface area contributed by atoms with E-state index in [1.165, 1.54) is 4.68 Å². The van der Waals surface area contributed by atoms with Crippen LogP contribution in [0.1, 0.15) is 17.4 Å². The standard InChI is InChI=1S/C21H22N4O3/c1-2-25-21(27)16-8-4-3-7-15(16)19(23-25)20(26)22-17-9-5-6-10-18(17)24-11-13-28-14-12-24/h3-10H,2,11-14H2,1H3,(H,22,26). The van der Waals surface area contributed by atoms with Crippen molar-refractivity contribution in [3.8, 4) is 0 Å². The molecule has 0 spiro atoms. The normalized spacial score (nSPS) is 14.2. The lowest BCUT2D eigenvalue weighted by atomic mass is 10.1. The molecule has 0 saturated carbocycles. The molecule has 0 bridgehead atoms. The SMILES string of the molecule is CCn1nc(C(=O)Nc2ccccc2N2CCOCC2)c2ccccc2c1=O. The molecule has 0 atom stereocenters. The number of fused-ring (bicyclic) bond motifs is 1.